The molecule has 0 bridgehead atoms. The van der Waals surface area contributed by atoms with E-state index in [0.29, 0.717) is 24.3 Å². The monoisotopic (exact) mass is 447 g/mol. The first kappa shape index (κ1) is 20.8. The van der Waals surface area contributed by atoms with Crippen molar-refractivity contribution in [2.75, 3.05) is 18.4 Å². The van der Waals surface area contributed by atoms with Gasteiger partial charge in [-0.05, 0) is 62.1 Å². The largest absolute Gasteiger partial charge is 0.349 e. The summed E-state index contributed by atoms with van der Waals surface area (Å²) < 4.78 is 27.0. The standard InChI is InChI=1S/C21H22ClN3O4S/c22-19-9-8-17(30(28,29)25-10-1-2-11-25)13-18(19)21(27)24-16-5-3-4-14(12-16)20(26)23-15-6-7-15/h3-5,8-9,12-13,15H,1-2,6-7,10-11H2,(H,23,26)(H,24,27). The molecule has 30 heavy (non-hydrogen) atoms. The Balaban J connectivity index is 1.54. The van der Waals surface area contributed by atoms with Crippen LogP contribution in [0.5, 0.6) is 0 Å². The van der Waals surface area contributed by atoms with Crippen molar-refractivity contribution in [3.63, 3.8) is 0 Å². The molecule has 1 saturated heterocycles. The number of anilines is 1. The number of amides is 2. The number of rotatable bonds is 6. The second-order valence-electron chi connectivity index (χ2n) is 7.54. The van der Waals surface area contributed by atoms with Crippen LogP contribution in [0.1, 0.15) is 46.4 Å². The van der Waals surface area contributed by atoms with Crippen molar-refractivity contribution in [2.24, 2.45) is 0 Å². The smallest absolute Gasteiger partial charge is 0.257 e. The number of nitrogens with zero attached hydrogens (tertiary/aromatic N) is 1. The van der Waals surface area contributed by atoms with E-state index in [4.69, 9.17) is 11.6 Å². The molecule has 2 aromatic carbocycles. The number of nitrogens with one attached hydrogen (secondary N) is 2. The van der Waals surface area contributed by atoms with Crippen molar-refractivity contribution in [3.05, 3.63) is 58.6 Å². The SMILES string of the molecule is O=C(NC1CC1)c1cccc(NC(=O)c2cc(S(=O)(=O)N3CCCC3)ccc2Cl)c1. The van der Waals surface area contributed by atoms with Crippen LogP contribution < -0.4 is 10.6 Å². The van der Waals surface area contributed by atoms with Crippen LogP contribution in [0.3, 0.4) is 0 Å². The molecule has 1 heterocycles. The molecular formula is C21H22ClN3O4S. The molecule has 2 N–H and O–H groups in total. The van der Waals surface area contributed by atoms with Gasteiger partial charge in [0.05, 0.1) is 15.5 Å². The molecule has 2 aromatic rings. The molecule has 0 spiro atoms. The fraction of sp³-hybridized carbons (Fsp3) is 0.333. The summed E-state index contributed by atoms with van der Waals surface area (Å²) in [4.78, 5) is 25.1. The molecule has 1 saturated carbocycles. The predicted octanol–water partition coefficient (Wildman–Crippen LogP) is 3.27. The van der Waals surface area contributed by atoms with E-state index in [0.717, 1.165) is 25.7 Å². The van der Waals surface area contributed by atoms with Gasteiger partial charge >= 0.3 is 0 Å². The summed E-state index contributed by atoms with van der Waals surface area (Å²) in [5.74, 6) is -0.733. The second kappa shape index (κ2) is 8.37. The van der Waals surface area contributed by atoms with Gasteiger partial charge in [-0.3, -0.25) is 9.59 Å². The number of hydrogen-bond donors (Lipinski definition) is 2. The third kappa shape index (κ3) is 4.50. The molecule has 1 aliphatic heterocycles. The zero-order chi connectivity index (χ0) is 21.3. The second-order valence-corrected chi connectivity index (χ2v) is 9.88. The van der Waals surface area contributed by atoms with E-state index < -0.39 is 15.9 Å². The van der Waals surface area contributed by atoms with Crippen LogP contribution in [0, 0.1) is 0 Å². The van der Waals surface area contributed by atoms with Gasteiger partial charge in [0.2, 0.25) is 10.0 Å². The molecular weight excluding hydrogens is 426 g/mol. The van der Waals surface area contributed by atoms with Gasteiger partial charge in [-0.1, -0.05) is 17.7 Å². The zero-order valence-corrected chi connectivity index (χ0v) is 17.8. The molecule has 2 amide bonds. The van der Waals surface area contributed by atoms with Crippen molar-refractivity contribution in [1.29, 1.82) is 0 Å². The van der Waals surface area contributed by atoms with Gasteiger partial charge in [0.15, 0.2) is 0 Å². The minimum absolute atomic E-state index is 0.0384. The maximum absolute atomic E-state index is 12.8. The Kier molecular flexibility index (Phi) is 5.81. The highest BCUT2D eigenvalue weighted by Gasteiger charge is 2.28. The average molecular weight is 448 g/mol. The lowest BCUT2D eigenvalue weighted by atomic mass is 10.1. The molecule has 1 aliphatic carbocycles. The first-order chi connectivity index (χ1) is 14.3. The van der Waals surface area contributed by atoms with Gasteiger partial charge in [0.25, 0.3) is 11.8 Å². The lowest BCUT2D eigenvalue weighted by Gasteiger charge is -2.16. The summed E-state index contributed by atoms with van der Waals surface area (Å²) >= 11 is 6.18. The molecule has 158 valence electrons. The zero-order valence-electron chi connectivity index (χ0n) is 16.2. The molecule has 2 fully saturated rings. The molecule has 0 aromatic heterocycles. The van der Waals surface area contributed by atoms with Gasteiger partial charge in [-0.2, -0.15) is 4.31 Å². The topological polar surface area (TPSA) is 95.6 Å². The number of carbonyl (C=O) groups is 2. The van der Waals surface area contributed by atoms with Crippen molar-refractivity contribution in [3.8, 4) is 0 Å². The summed E-state index contributed by atoms with van der Waals surface area (Å²) in [6, 6.07) is 10.9. The molecule has 7 nitrogen and oxygen atoms in total. The van der Waals surface area contributed by atoms with Gasteiger partial charge in [-0.15, -0.1) is 0 Å². The van der Waals surface area contributed by atoms with Crippen LogP contribution >= 0.6 is 11.6 Å². The van der Waals surface area contributed by atoms with Crippen LogP contribution in [-0.2, 0) is 10.0 Å². The van der Waals surface area contributed by atoms with Crippen LogP contribution in [0.2, 0.25) is 5.02 Å². The molecule has 2 aliphatic rings. The first-order valence-electron chi connectivity index (χ1n) is 9.86. The van der Waals surface area contributed by atoms with Crippen molar-refractivity contribution >= 4 is 39.1 Å². The molecule has 0 radical (unpaired) electrons. The van der Waals surface area contributed by atoms with Crippen molar-refractivity contribution < 1.29 is 18.0 Å². The Morgan fingerprint density at radius 2 is 1.73 bits per heavy atom. The predicted molar refractivity (Wildman–Crippen MR) is 114 cm³/mol. The minimum atomic E-state index is -3.67. The summed E-state index contributed by atoms with van der Waals surface area (Å²) in [5, 5.41) is 5.75. The van der Waals surface area contributed by atoms with E-state index in [9.17, 15) is 18.0 Å². The van der Waals surface area contributed by atoms with Gasteiger partial charge < -0.3 is 10.6 Å². The van der Waals surface area contributed by atoms with Crippen molar-refractivity contribution in [2.45, 2.75) is 36.6 Å². The third-order valence-electron chi connectivity index (χ3n) is 5.18. The fourth-order valence-corrected chi connectivity index (χ4v) is 5.10. The summed E-state index contributed by atoms with van der Waals surface area (Å²) in [5.41, 5.74) is 0.924. The Morgan fingerprint density at radius 1 is 1.00 bits per heavy atom. The first-order valence-corrected chi connectivity index (χ1v) is 11.7. The summed E-state index contributed by atoms with van der Waals surface area (Å²) in [6.45, 7) is 0.949. The van der Waals surface area contributed by atoms with E-state index in [1.165, 1.54) is 22.5 Å². The maximum Gasteiger partial charge on any atom is 0.257 e. The van der Waals surface area contributed by atoms with Crippen molar-refractivity contribution in [1.82, 2.24) is 9.62 Å². The minimum Gasteiger partial charge on any atom is -0.349 e. The highest BCUT2D eigenvalue weighted by molar-refractivity contribution is 7.89. The number of halogens is 1. The van der Waals surface area contributed by atoms with E-state index in [2.05, 4.69) is 10.6 Å². The Hall–Kier alpha value is -2.42. The number of carbonyl (C=O) groups excluding carboxylic acids is 2. The van der Waals surface area contributed by atoms with Gasteiger partial charge in [0.1, 0.15) is 0 Å². The van der Waals surface area contributed by atoms with E-state index >= 15 is 0 Å². The van der Waals surface area contributed by atoms with Crippen LogP contribution in [0.25, 0.3) is 0 Å². The summed E-state index contributed by atoms with van der Waals surface area (Å²) in [6.07, 6.45) is 3.62. The Morgan fingerprint density at radius 3 is 2.43 bits per heavy atom. The Labute approximate surface area is 180 Å². The molecule has 0 atom stereocenters. The summed E-state index contributed by atoms with van der Waals surface area (Å²) in [7, 11) is -3.67. The number of benzene rings is 2. The van der Waals surface area contributed by atoms with E-state index in [1.54, 1.807) is 24.3 Å². The molecule has 9 heteroatoms. The number of hydrogen-bond acceptors (Lipinski definition) is 4. The highest BCUT2D eigenvalue weighted by atomic mass is 35.5. The maximum atomic E-state index is 12.8. The van der Waals surface area contributed by atoms with Crippen LogP contribution in [0.4, 0.5) is 5.69 Å². The van der Waals surface area contributed by atoms with Gasteiger partial charge in [-0.25, -0.2) is 8.42 Å². The molecule has 0 unspecified atom stereocenters. The lowest BCUT2D eigenvalue weighted by Crippen LogP contribution is -2.28. The number of sulfonamides is 1. The quantitative estimate of drug-likeness (QED) is 0.710. The van der Waals surface area contributed by atoms with Crippen LogP contribution in [0.15, 0.2) is 47.4 Å². The normalized spacial score (nSPS) is 17.0. The lowest BCUT2D eigenvalue weighted by molar-refractivity contribution is 0.0949. The molecule has 4 rings (SSSR count). The van der Waals surface area contributed by atoms with Gasteiger partial charge in [0, 0.05) is 30.4 Å². The highest BCUT2D eigenvalue weighted by Crippen LogP contribution is 2.26. The average Bonchev–Trinajstić information content (AvgIpc) is 3.35. The van der Waals surface area contributed by atoms with E-state index in [-0.39, 0.29) is 27.4 Å². The fourth-order valence-electron chi connectivity index (χ4n) is 3.35. The third-order valence-corrected chi connectivity index (χ3v) is 7.40. The Bertz CT molecular complexity index is 1090. The van der Waals surface area contributed by atoms with Crippen LogP contribution in [-0.4, -0.2) is 43.7 Å². The van der Waals surface area contributed by atoms with E-state index in [1.807, 2.05) is 0 Å².